The molecule has 1 atom stereocenters. The van der Waals surface area contributed by atoms with E-state index in [0.717, 1.165) is 19.4 Å². The molecule has 1 rings (SSSR count). The zero-order chi connectivity index (χ0) is 10.4. The summed E-state index contributed by atoms with van der Waals surface area (Å²) in [6.07, 6.45) is 3.48. The zero-order valence-corrected chi connectivity index (χ0v) is 9.35. The average molecular weight is 212 g/mol. The molecule has 0 spiro atoms. The lowest BCUT2D eigenvalue weighted by molar-refractivity contribution is -0.131. The van der Waals surface area contributed by atoms with Gasteiger partial charge in [0.1, 0.15) is 0 Å². The Morgan fingerprint density at radius 2 is 2.43 bits per heavy atom. The number of piperidine rings is 1. The molecule has 0 saturated carbocycles. The van der Waals surface area contributed by atoms with Crippen molar-refractivity contribution in [3.05, 3.63) is 0 Å². The first-order chi connectivity index (χ1) is 6.75. The average Bonchev–Trinajstić information content (AvgIpc) is 2.18. The Morgan fingerprint density at radius 3 is 3.07 bits per heavy atom. The molecule has 1 aliphatic heterocycles. The molecule has 1 heterocycles. The van der Waals surface area contributed by atoms with E-state index in [1.165, 1.54) is 18.2 Å². The number of nitriles is 1. The Balaban J connectivity index is 2.31. The number of hydrogen-bond donors (Lipinski definition) is 0. The van der Waals surface area contributed by atoms with Crippen LogP contribution in [0.4, 0.5) is 0 Å². The van der Waals surface area contributed by atoms with Gasteiger partial charge in [-0.15, -0.1) is 11.8 Å². The lowest BCUT2D eigenvalue weighted by atomic mass is 10.0. The number of rotatable bonds is 3. The van der Waals surface area contributed by atoms with E-state index in [1.807, 2.05) is 11.0 Å². The van der Waals surface area contributed by atoms with Crippen molar-refractivity contribution < 1.29 is 4.79 Å². The molecule has 0 radical (unpaired) electrons. The molecular formula is C10H16N2OS. The maximum absolute atomic E-state index is 11.7. The van der Waals surface area contributed by atoms with Gasteiger partial charge in [-0.3, -0.25) is 4.79 Å². The predicted octanol–water partition coefficient (Wildman–Crippen LogP) is 1.64. The molecule has 0 bridgehead atoms. The summed E-state index contributed by atoms with van der Waals surface area (Å²) in [5, 5.41) is 8.35. The lowest BCUT2D eigenvalue weighted by Gasteiger charge is -2.33. The van der Waals surface area contributed by atoms with Gasteiger partial charge in [-0.05, 0) is 26.2 Å². The van der Waals surface area contributed by atoms with Gasteiger partial charge in [-0.2, -0.15) is 5.26 Å². The number of hydrogen-bond acceptors (Lipinski definition) is 3. The van der Waals surface area contributed by atoms with Gasteiger partial charge in [0, 0.05) is 12.6 Å². The number of nitrogens with zero attached hydrogens (tertiary/aromatic N) is 2. The fourth-order valence-electron chi connectivity index (χ4n) is 1.74. The summed E-state index contributed by atoms with van der Waals surface area (Å²) < 4.78 is 0. The third-order valence-electron chi connectivity index (χ3n) is 2.52. The Bertz CT molecular complexity index is 237. The number of thioether (sulfide) groups is 1. The van der Waals surface area contributed by atoms with Crippen molar-refractivity contribution in [1.82, 2.24) is 4.90 Å². The van der Waals surface area contributed by atoms with Crippen molar-refractivity contribution in [2.45, 2.75) is 32.2 Å². The summed E-state index contributed by atoms with van der Waals surface area (Å²) in [4.78, 5) is 13.6. The topological polar surface area (TPSA) is 44.1 Å². The maximum Gasteiger partial charge on any atom is 0.232 e. The van der Waals surface area contributed by atoms with Crippen LogP contribution in [0.5, 0.6) is 0 Å². The van der Waals surface area contributed by atoms with Crippen LogP contribution in [0.25, 0.3) is 0 Å². The molecule has 4 heteroatoms. The molecule has 3 nitrogen and oxygen atoms in total. The van der Waals surface area contributed by atoms with E-state index >= 15 is 0 Å². The minimum Gasteiger partial charge on any atom is -0.339 e. The van der Waals surface area contributed by atoms with Gasteiger partial charge in [-0.1, -0.05) is 0 Å². The van der Waals surface area contributed by atoms with Crippen LogP contribution in [0.15, 0.2) is 0 Å². The predicted molar refractivity (Wildman–Crippen MR) is 58.0 cm³/mol. The second kappa shape index (κ2) is 5.92. The highest BCUT2D eigenvalue weighted by molar-refractivity contribution is 8.00. The smallest absolute Gasteiger partial charge is 0.232 e. The third-order valence-corrected chi connectivity index (χ3v) is 3.30. The molecule has 0 aliphatic carbocycles. The van der Waals surface area contributed by atoms with E-state index in [0.29, 0.717) is 17.5 Å². The molecule has 14 heavy (non-hydrogen) atoms. The molecule has 0 aromatic heterocycles. The van der Waals surface area contributed by atoms with E-state index in [1.54, 1.807) is 0 Å². The standard InChI is InChI=1S/C10H16N2OS/c1-9-4-2-3-6-12(9)10(13)8-14-7-5-11/h9H,2-4,6-8H2,1H3/t9-/m1/s1. The van der Waals surface area contributed by atoms with Gasteiger partial charge >= 0.3 is 0 Å². The van der Waals surface area contributed by atoms with Crippen molar-refractivity contribution in [2.24, 2.45) is 0 Å². The van der Waals surface area contributed by atoms with E-state index < -0.39 is 0 Å². The number of likely N-dealkylation sites (tertiary alicyclic amines) is 1. The first-order valence-electron chi connectivity index (χ1n) is 5.00. The number of carbonyl (C=O) groups excluding carboxylic acids is 1. The molecule has 1 saturated heterocycles. The highest BCUT2D eigenvalue weighted by Crippen LogP contribution is 2.17. The Morgan fingerprint density at radius 1 is 1.64 bits per heavy atom. The fraction of sp³-hybridized carbons (Fsp3) is 0.800. The van der Waals surface area contributed by atoms with Crippen LogP contribution >= 0.6 is 11.8 Å². The lowest BCUT2D eigenvalue weighted by Crippen LogP contribution is -2.42. The summed E-state index contributed by atoms with van der Waals surface area (Å²) >= 11 is 1.40. The van der Waals surface area contributed by atoms with Gasteiger partial charge in [0.05, 0.1) is 17.6 Å². The summed E-state index contributed by atoms with van der Waals surface area (Å²) in [7, 11) is 0. The van der Waals surface area contributed by atoms with Gasteiger partial charge in [0.15, 0.2) is 0 Å². The number of carbonyl (C=O) groups is 1. The molecule has 0 N–H and O–H groups in total. The van der Waals surface area contributed by atoms with Gasteiger partial charge in [-0.25, -0.2) is 0 Å². The van der Waals surface area contributed by atoms with E-state index in [2.05, 4.69) is 6.92 Å². The van der Waals surface area contributed by atoms with Gasteiger partial charge in [0.25, 0.3) is 0 Å². The second-order valence-corrected chi connectivity index (χ2v) is 4.57. The third kappa shape index (κ3) is 3.22. The molecule has 0 aromatic carbocycles. The SMILES string of the molecule is C[C@@H]1CCCCN1C(=O)CSCC#N. The van der Waals surface area contributed by atoms with Crippen molar-refractivity contribution in [1.29, 1.82) is 5.26 Å². The zero-order valence-electron chi connectivity index (χ0n) is 8.53. The Labute approximate surface area is 89.5 Å². The minimum absolute atomic E-state index is 0.192. The van der Waals surface area contributed by atoms with Crippen LogP contribution in [0.2, 0.25) is 0 Å². The highest BCUT2D eigenvalue weighted by Gasteiger charge is 2.22. The maximum atomic E-state index is 11.7. The van der Waals surface area contributed by atoms with Crippen molar-refractivity contribution in [3.63, 3.8) is 0 Å². The largest absolute Gasteiger partial charge is 0.339 e. The summed E-state index contributed by atoms with van der Waals surface area (Å²) in [6.45, 7) is 3.00. The molecule has 0 unspecified atom stereocenters. The molecule has 1 fully saturated rings. The van der Waals surface area contributed by atoms with Crippen LogP contribution in [-0.2, 0) is 4.79 Å². The fourth-order valence-corrected chi connectivity index (χ4v) is 2.27. The summed E-state index contributed by atoms with van der Waals surface area (Å²) in [5.74, 6) is 1.06. The first kappa shape index (κ1) is 11.4. The molecule has 1 aliphatic rings. The second-order valence-electron chi connectivity index (χ2n) is 3.58. The normalized spacial score (nSPS) is 21.7. The van der Waals surface area contributed by atoms with Crippen LogP contribution < -0.4 is 0 Å². The van der Waals surface area contributed by atoms with Crippen molar-refractivity contribution in [3.8, 4) is 6.07 Å². The van der Waals surface area contributed by atoms with E-state index in [-0.39, 0.29) is 5.91 Å². The van der Waals surface area contributed by atoms with E-state index in [9.17, 15) is 4.79 Å². The van der Waals surface area contributed by atoms with Crippen LogP contribution in [0.3, 0.4) is 0 Å². The molecule has 1 amide bonds. The quantitative estimate of drug-likeness (QED) is 0.668. The molecule has 78 valence electrons. The van der Waals surface area contributed by atoms with Gasteiger partial charge < -0.3 is 4.90 Å². The Kier molecular flexibility index (Phi) is 4.81. The molecular weight excluding hydrogens is 196 g/mol. The summed E-state index contributed by atoms with van der Waals surface area (Å²) in [6, 6.07) is 2.42. The van der Waals surface area contributed by atoms with Crippen LogP contribution in [0.1, 0.15) is 26.2 Å². The van der Waals surface area contributed by atoms with Crippen LogP contribution in [-0.4, -0.2) is 34.9 Å². The monoisotopic (exact) mass is 212 g/mol. The number of amides is 1. The van der Waals surface area contributed by atoms with Crippen LogP contribution in [0, 0.1) is 11.3 Å². The van der Waals surface area contributed by atoms with Gasteiger partial charge in [0.2, 0.25) is 5.91 Å². The highest BCUT2D eigenvalue weighted by atomic mass is 32.2. The molecule has 0 aromatic rings. The minimum atomic E-state index is 0.192. The van der Waals surface area contributed by atoms with Crippen molar-refractivity contribution >= 4 is 17.7 Å². The van der Waals surface area contributed by atoms with E-state index in [4.69, 9.17) is 5.26 Å². The first-order valence-corrected chi connectivity index (χ1v) is 6.15. The van der Waals surface area contributed by atoms with Crippen molar-refractivity contribution in [2.75, 3.05) is 18.1 Å². The summed E-state index contributed by atoms with van der Waals surface area (Å²) in [5.41, 5.74) is 0. The Hall–Kier alpha value is -0.690.